The molecule has 4 aromatic rings. The average Bonchev–Trinajstić information content (AvgIpc) is 3.47. The van der Waals surface area contributed by atoms with E-state index in [0.717, 1.165) is 29.8 Å². The lowest BCUT2D eigenvalue weighted by molar-refractivity contribution is 0.0696. The Balaban J connectivity index is 1.36. The Labute approximate surface area is 190 Å². The second kappa shape index (κ2) is 8.95. The van der Waals surface area contributed by atoms with Crippen LogP contribution in [0.5, 0.6) is 0 Å². The number of amides is 1. The summed E-state index contributed by atoms with van der Waals surface area (Å²) in [5, 5.41) is 11.4. The van der Waals surface area contributed by atoms with Crippen LogP contribution in [0.3, 0.4) is 0 Å². The SMILES string of the molecule is Cn1nnc(-c2ccc(F)cc2)c1-c1cn(-c2ccc(C(=O)NC3CCOCC3)cc2)cn1. The van der Waals surface area contributed by atoms with E-state index in [0.29, 0.717) is 30.2 Å². The number of aryl methyl sites for hydroxylation is 1. The lowest BCUT2D eigenvalue weighted by Gasteiger charge is -2.23. The van der Waals surface area contributed by atoms with E-state index in [1.165, 1.54) is 12.1 Å². The molecule has 33 heavy (non-hydrogen) atoms. The Morgan fingerprint density at radius 1 is 1.09 bits per heavy atom. The quantitative estimate of drug-likeness (QED) is 0.508. The van der Waals surface area contributed by atoms with E-state index >= 15 is 0 Å². The molecule has 0 aliphatic carbocycles. The predicted molar refractivity (Wildman–Crippen MR) is 120 cm³/mol. The van der Waals surface area contributed by atoms with E-state index in [4.69, 9.17) is 4.74 Å². The molecule has 3 heterocycles. The van der Waals surface area contributed by atoms with Crippen molar-refractivity contribution in [3.63, 3.8) is 0 Å². The lowest BCUT2D eigenvalue weighted by Crippen LogP contribution is -2.38. The Morgan fingerprint density at radius 2 is 1.82 bits per heavy atom. The molecule has 1 N–H and O–H groups in total. The summed E-state index contributed by atoms with van der Waals surface area (Å²) in [5.74, 6) is -0.386. The number of ether oxygens (including phenoxy) is 1. The molecule has 0 radical (unpaired) electrons. The molecular formula is C24H23FN6O2. The largest absolute Gasteiger partial charge is 0.381 e. The van der Waals surface area contributed by atoms with Gasteiger partial charge in [0.1, 0.15) is 22.9 Å². The molecule has 0 unspecified atom stereocenters. The van der Waals surface area contributed by atoms with E-state index in [-0.39, 0.29) is 17.8 Å². The van der Waals surface area contributed by atoms with E-state index < -0.39 is 0 Å². The Hall–Kier alpha value is -3.85. The van der Waals surface area contributed by atoms with Gasteiger partial charge in [0.05, 0.1) is 6.33 Å². The van der Waals surface area contributed by atoms with Crippen molar-refractivity contribution in [2.75, 3.05) is 13.2 Å². The number of carbonyl (C=O) groups excluding carboxylic acids is 1. The van der Waals surface area contributed by atoms with Crippen LogP contribution in [0.1, 0.15) is 23.2 Å². The maximum absolute atomic E-state index is 13.3. The van der Waals surface area contributed by atoms with Crippen molar-refractivity contribution in [2.24, 2.45) is 7.05 Å². The second-order valence-corrected chi connectivity index (χ2v) is 7.99. The number of carbonyl (C=O) groups is 1. The van der Waals surface area contributed by atoms with E-state index in [9.17, 15) is 9.18 Å². The smallest absolute Gasteiger partial charge is 0.251 e. The molecule has 1 aliphatic rings. The van der Waals surface area contributed by atoms with E-state index in [2.05, 4.69) is 20.6 Å². The summed E-state index contributed by atoms with van der Waals surface area (Å²) in [4.78, 5) is 17.1. The van der Waals surface area contributed by atoms with Gasteiger partial charge < -0.3 is 14.6 Å². The topological polar surface area (TPSA) is 86.9 Å². The zero-order valence-electron chi connectivity index (χ0n) is 18.1. The monoisotopic (exact) mass is 446 g/mol. The third-order valence-electron chi connectivity index (χ3n) is 5.75. The molecule has 168 valence electrons. The van der Waals surface area contributed by atoms with Crippen LogP contribution >= 0.6 is 0 Å². The minimum atomic E-state index is -0.307. The summed E-state index contributed by atoms with van der Waals surface area (Å²) in [6.07, 6.45) is 5.26. The highest BCUT2D eigenvalue weighted by atomic mass is 19.1. The van der Waals surface area contributed by atoms with Crippen molar-refractivity contribution in [2.45, 2.75) is 18.9 Å². The molecule has 2 aromatic heterocycles. The maximum Gasteiger partial charge on any atom is 0.251 e. The molecule has 0 saturated carbocycles. The number of benzene rings is 2. The zero-order chi connectivity index (χ0) is 22.8. The van der Waals surface area contributed by atoms with Gasteiger partial charge in [0, 0.05) is 49.3 Å². The fraction of sp³-hybridized carbons (Fsp3) is 0.250. The van der Waals surface area contributed by atoms with Crippen molar-refractivity contribution in [1.29, 1.82) is 0 Å². The standard InChI is InChI=1S/C24H23FN6O2/c1-30-23(22(28-29-30)16-2-6-18(25)7-3-16)21-14-31(15-26-21)20-8-4-17(5-9-20)24(32)27-19-10-12-33-13-11-19/h2-9,14-15,19H,10-13H2,1H3,(H,27,32). The molecular weight excluding hydrogens is 423 g/mol. The fourth-order valence-corrected chi connectivity index (χ4v) is 3.93. The number of halogens is 1. The third-order valence-corrected chi connectivity index (χ3v) is 5.75. The summed E-state index contributed by atoms with van der Waals surface area (Å²) in [6.45, 7) is 1.36. The molecule has 1 fully saturated rings. The Kier molecular flexibility index (Phi) is 5.70. The van der Waals surface area contributed by atoms with Crippen LogP contribution in [-0.2, 0) is 11.8 Å². The van der Waals surface area contributed by atoms with Gasteiger partial charge in [-0.05, 0) is 61.4 Å². The summed E-state index contributed by atoms with van der Waals surface area (Å²) in [7, 11) is 1.79. The highest BCUT2D eigenvalue weighted by Crippen LogP contribution is 2.29. The Bertz CT molecular complexity index is 1260. The first kappa shape index (κ1) is 21.0. The van der Waals surface area contributed by atoms with Crippen LogP contribution in [0.25, 0.3) is 28.3 Å². The first-order valence-electron chi connectivity index (χ1n) is 10.8. The molecule has 9 heteroatoms. The minimum Gasteiger partial charge on any atom is -0.381 e. The summed E-state index contributed by atoms with van der Waals surface area (Å²) in [6, 6.07) is 13.7. The fourth-order valence-electron chi connectivity index (χ4n) is 3.93. The minimum absolute atomic E-state index is 0.0790. The van der Waals surface area contributed by atoms with Crippen LogP contribution < -0.4 is 5.32 Å². The van der Waals surface area contributed by atoms with E-state index in [1.807, 2.05) is 22.9 Å². The molecule has 1 saturated heterocycles. The molecule has 0 bridgehead atoms. The number of nitrogens with one attached hydrogen (secondary N) is 1. The van der Waals surface area contributed by atoms with Gasteiger partial charge in [0.15, 0.2) is 0 Å². The Morgan fingerprint density at radius 3 is 2.55 bits per heavy atom. The van der Waals surface area contributed by atoms with Gasteiger partial charge in [-0.3, -0.25) is 4.79 Å². The van der Waals surface area contributed by atoms with Crippen molar-refractivity contribution in [1.82, 2.24) is 29.9 Å². The second-order valence-electron chi connectivity index (χ2n) is 7.99. The number of hydrogen-bond donors (Lipinski definition) is 1. The first-order chi connectivity index (χ1) is 16.1. The number of nitrogens with zero attached hydrogens (tertiary/aromatic N) is 5. The van der Waals surface area contributed by atoms with E-state index in [1.54, 1.807) is 42.3 Å². The summed E-state index contributed by atoms with van der Waals surface area (Å²) in [5.41, 5.74) is 4.28. The van der Waals surface area contributed by atoms with Gasteiger partial charge in [0.2, 0.25) is 0 Å². The number of hydrogen-bond acceptors (Lipinski definition) is 5. The van der Waals surface area contributed by atoms with Gasteiger partial charge in [-0.1, -0.05) is 5.21 Å². The summed E-state index contributed by atoms with van der Waals surface area (Å²) < 4.78 is 22.2. The predicted octanol–water partition coefficient (Wildman–Crippen LogP) is 3.38. The number of rotatable bonds is 5. The van der Waals surface area contributed by atoms with Crippen LogP contribution in [0.15, 0.2) is 61.1 Å². The number of aromatic nitrogens is 5. The number of imidazole rings is 1. The molecule has 0 spiro atoms. The average molecular weight is 446 g/mol. The third kappa shape index (κ3) is 4.40. The normalized spacial score (nSPS) is 14.4. The zero-order valence-corrected chi connectivity index (χ0v) is 18.1. The van der Waals surface area contributed by atoms with Crippen molar-refractivity contribution in [3.8, 4) is 28.3 Å². The van der Waals surface area contributed by atoms with Crippen molar-refractivity contribution >= 4 is 5.91 Å². The highest BCUT2D eigenvalue weighted by Gasteiger charge is 2.19. The molecule has 5 rings (SSSR count). The first-order valence-corrected chi connectivity index (χ1v) is 10.8. The molecule has 1 amide bonds. The van der Waals surface area contributed by atoms with Crippen molar-refractivity contribution < 1.29 is 13.9 Å². The van der Waals surface area contributed by atoms with Gasteiger partial charge in [-0.25, -0.2) is 14.1 Å². The van der Waals surface area contributed by atoms with Gasteiger partial charge in [-0.15, -0.1) is 5.10 Å². The van der Waals surface area contributed by atoms with Gasteiger partial charge in [0.25, 0.3) is 5.91 Å². The summed E-state index contributed by atoms with van der Waals surface area (Å²) >= 11 is 0. The van der Waals surface area contributed by atoms with Gasteiger partial charge >= 0.3 is 0 Å². The lowest BCUT2D eigenvalue weighted by atomic mass is 10.1. The van der Waals surface area contributed by atoms with Crippen molar-refractivity contribution in [3.05, 3.63) is 72.4 Å². The highest BCUT2D eigenvalue weighted by molar-refractivity contribution is 5.94. The van der Waals surface area contributed by atoms with Crippen LogP contribution in [-0.4, -0.2) is 49.7 Å². The molecule has 1 aliphatic heterocycles. The van der Waals surface area contributed by atoms with Gasteiger partial charge in [-0.2, -0.15) is 0 Å². The van der Waals surface area contributed by atoms with Crippen LogP contribution in [0.2, 0.25) is 0 Å². The van der Waals surface area contributed by atoms with Crippen LogP contribution in [0, 0.1) is 5.82 Å². The molecule has 8 nitrogen and oxygen atoms in total. The molecule has 0 atom stereocenters. The molecule has 2 aromatic carbocycles. The van der Waals surface area contributed by atoms with Crippen LogP contribution in [0.4, 0.5) is 4.39 Å². The maximum atomic E-state index is 13.3.